The molecular weight excluding hydrogens is 352 g/mol. The number of piperidine rings is 1. The summed E-state index contributed by atoms with van der Waals surface area (Å²) in [6, 6.07) is 11.0. The summed E-state index contributed by atoms with van der Waals surface area (Å²) in [5, 5.41) is 3.81. The third-order valence-corrected chi connectivity index (χ3v) is 7.42. The molecule has 2 aliphatic heterocycles. The molecule has 0 bridgehead atoms. The van der Waals surface area contributed by atoms with E-state index < -0.39 is 0 Å². The van der Waals surface area contributed by atoms with Gasteiger partial charge in [-0.3, -0.25) is 4.79 Å². The maximum atomic E-state index is 13.3. The molecule has 1 aliphatic carbocycles. The molecule has 4 heteroatoms. The number of carbonyl (C=O) groups excluding carboxylic acids is 1. The fourth-order valence-electron chi connectivity index (χ4n) is 4.97. The van der Waals surface area contributed by atoms with Gasteiger partial charge in [0, 0.05) is 28.8 Å². The fraction of sp³-hybridized carbons (Fsp3) is 0.435. The molecule has 3 atom stereocenters. The van der Waals surface area contributed by atoms with Crippen LogP contribution < -0.4 is 5.32 Å². The van der Waals surface area contributed by atoms with Crippen LogP contribution in [0.1, 0.15) is 63.3 Å². The van der Waals surface area contributed by atoms with Gasteiger partial charge in [0.15, 0.2) is 0 Å². The predicted octanol–water partition coefficient (Wildman–Crippen LogP) is 5.51. The average Bonchev–Trinajstić information content (AvgIpc) is 3.36. The van der Waals surface area contributed by atoms with Crippen LogP contribution in [0.4, 0.5) is 5.69 Å². The van der Waals surface area contributed by atoms with E-state index in [-0.39, 0.29) is 11.9 Å². The van der Waals surface area contributed by atoms with Gasteiger partial charge in [0.05, 0.1) is 17.3 Å². The van der Waals surface area contributed by atoms with Crippen molar-refractivity contribution in [2.45, 2.75) is 44.6 Å². The van der Waals surface area contributed by atoms with Crippen molar-refractivity contribution >= 4 is 22.9 Å². The normalized spacial score (nSPS) is 26.4. The molecule has 1 aromatic carbocycles. The lowest BCUT2D eigenvalue weighted by Gasteiger charge is -2.38. The third kappa shape index (κ3) is 2.91. The lowest BCUT2D eigenvalue weighted by molar-refractivity contribution is 0.0725. The quantitative estimate of drug-likeness (QED) is 0.699. The number of rotatable bonds is 2. The van der Waals surface area contributed by atoms with Gasteiger partial charge in [0.25, 0.3) is 5.91 Å². The van der Waals surface area contributed by atoms with E-state index in [0.717, 1.165) is 43.6 Å². The standard InChI is InChI=1S/C23H26N2OS/c1-15-11-12-20(27-15)22-18-9-5-7-16(18)17-8-6-10-19(21(17)24-22)23(26)25-13-3-2-4-14-25/h5-8,10-12,16,18,22,24H,2-4,9,13-14H2,1H3. The smallest absolute Gasteiger partial charge is 0.255 e. The Morgan fingerprint density at radius 3 is 2.78 bits per heavy atom. The van der Waals surface area contributed by atoms with E-state index in [0.29, 0.717) is 11.8 Å². The lowest BCUT2D eigenvalue weighted by atomic mass is 9.78. The Morgan fingerprint density at radius 2 is 2.00 bits per heavy atom. The Labute approximate surface area is 165 Å². The van der Waals surface area contributed by atoms with Gasteiger partial charge >= 0.3 is 0 Å². The van der Waals surface area contributed by atoms with Crippen molar-refractivity contribution in [2.75, 3.05) is 18.4 Å². The number of amides is 1. The third-order valence-electron chi connectivity index (χ3n) is 6.34. The molecule has 0 spiro atoms. The molecule has 1 fully saturated rings. The predicted molar refractivity (Wildman–Crippen MR) is 112 cm³/mol. The summed E-state index contributed by atoms with van der Waals surface area (Å²) in [5.41, 5.74) is 3.21. The van der Waals surface area contributed by atoms with E-state index in [1.165, 1.54) is 21.7 Å². The van der Waals surface area contributed by atoms with Gasteiger partial charge in [-0.2, -0.15) is 0 Å². The zero-order valence-electron chi connectivity index (χ0n) is 15.8. The maximum absolute atomic E-state index is 13.3. The Kier molecular flexibility index (Phi) is 4.31. The highest BCUT2D eigenvalue weighted by Crippen LogP contribution is 2.51. The molecule has 1 saturated heterocycles. The molecule has 3 nitrogen and oxygen atoms in total. The average molecular weight is 379 g/mol. The highest BCUT2D eigenvalue weighted by molar-refractivity contribution is 7.12. The van der Waals surface area contributed by atoms with Crippen LogP contribution in [0.15, 0.2) is 42.5 Å². The number of allylic oxidation sites excluding steroid dienone is 2. The number of aryl methyl sites for hydroxylation is 1. The number of nitrogens with one attached hydrogen (secondary N) is 1. The minimum atomic E-state index is 0.195. The van der Waals surface area contributed by atoms with E-state index in [1.54, 1.807) is 0 Å². The number of para-hydroxylation sites is 1. The van der Waals surface area contributed by atoms with Crippen molar-refractivity contribution in [2.24, 2.45) is 5.92 Å². The minimum absolute atomic E-state index is 0.195. The summed E-state index contributed by atoms with van der Waals surface area (Å²) < 4.78 is 0. The summed E-state index contributed by atoms with van der Waals surface area (Å²) in [6.45, 7) is 3.95. The Balaban J connectivity index is 1.55. The second-order valence-corrected chi connectivity index (χ2v) is 9.37. The second kappa shape index (κ2) is 6.83. The molecule has 1 aromatic heterocycles. The number of hydrogen-bond acceptors (Lipinski definition) is 3. The SMILES string of the molecule is Cc1ccc(C2Nc3c(C(=O)N4CCCCC4)cccc3C3C=CCC32)s1. The van der Waals surface area contributed by atoms with Gasteiger partial charge in [-0.05, 0) is 62.3 Å². The van der Waals surface area contributed by atoms with E-state index in [9.17, 15) is 4.79 Å². The molecule has 0 radical (unpaired) electrons. The lowest BCUT2D eigenvalue weighted by Crippen LogP contribution is -2.37. The fourth-order valence-corrected chi connectivity index (χ4v) is 5.97. The first-order valence-corrected chi connectivity index (χ1v) is 11.0. The summed E-state index contributed by atoms with van der Waals surface area (Å²) in [4.78, 5) is 18.1. The van der Waals surface area contributed by atoms with Crippen molar-refractivity contribution in [3.8, 4) is 0 Å². The number of fused-ring (bicyclic) bond motifs is 3. The first kappa shape index (κ1) is 17.1. The summed E-state index contributed by atoms with van der Waals surface area (Å²) >= 11 is 1.87. The van der Waals surface area contributed by atoms with Crippen molar-refractivity contribution in [1.29, 1.82) is 0 Å². The van der Waals surface area contributed by atoms with Crippen molar-refractivity contribution in [3.63, 3.8) is 0 Å². The molecule has 3 aliphatic rings. The number of carbonyl (C=O) groups is 1. The molecule has 5 rings (SSSR count). The summed E-state index contributed by atoms with van der Waals surface area (Å²) in [7, 11) is 0. The molecule has 1 amide bonds. The molecule has 1 N–H and O–H groups in total. The summed E-state index contributed by atoms with van der Waals surface area (Å²) in [5.74, 6) is 1.14. The van der Waals surface area contributed by atoms with Gasteiger partial charge < -0.3 is 10.2 Å². The highest BCUT2D eigenvalue weighted by Gasteiger charge is 2.40. The molecular formula is C23H26N2OS. The highest BCUT2D eigenvalue weighted by atomic mass is 32.1. The van der Waals surface area contributed by atoms with Crippen LogP contribution >= 0.6 is 11.3 Å². The van der Waals surface area contributed by atoms with Crippen molar-refractivity contribution in [3.05, 3.63) is 63.4 Å². The van der Waals surface area contributed by atoms with Gasteiger partial charge in [0.1, 0.15) is 0 Å². The number of thiophene rings is 1. The molecule has 3 heterocycles. The van der Waals surface area contributed by atoms with E-state index in [1.807, 2.05) is 22.3 Å². The van der Waals surface area contributed by atoms with Gasteiger partial charge in [0.2, 0.25) is 0 Å². The monoisotopic (exact) mass is 378 g/mol. The van der Waals surface area contributed by atoms with Crippen LogP contribution in [0.5, 0.6) is 0 Å². The van der Waals surface area contributed by atoms with E-state index in [4.69, 9.17) is 0 Å². The van der Waals surface area contributed by atoms with Crippen LogP contribution in [0, 0.1) is 12.8 Å². The molecule has 2 aromatic rings. The molecule has 140 valence electrons. The van der Waals surface area contributed by atoms with Gasteiger partial charge in [-0.1, -0.05) is 24.3 Å². The molecule has 0 saturated carbocycles. The maximum Gasteiger partial charge on any atom is 0.255 e. The van der Waals surface area contributed by atoms with Crippen LogP contribution in [-0.2, 0) is 0 Å². The topological polar surface area (TPSA) is 32.3 Å². The van der Waals surface area contributed by atoms with E-state index >= 15 is 0 Å². The number of anilines is 1. The van der Waals surface area contributed by atoms with Crippen LogP contribution in [-0.4, -0.2) is 23.9 Å². The van der Waals surface area contributed by atoms with Crippen molar-refractivity contribution in [1.82, 2.24) is 4.90 Å². The van der Waals surface area contributed by atoms with Crippen LogP contribution in [0.3, 0.4) is 0 Å². The molecule has 3 unspecified atom stereocenters. The van der Waals surface area contributed by atoms with Crippen molar-refractivity contribution < 1.29 is 4.79 Å². The Bertz CT molecular complexity index is 894. The van der Waals surface area contributed by atoms with Gasteiger partial charge in [-0.25, -0.2) is 0 Å². The number of hydrogen-bond donors (Lipinski definition) is 1. The number of nitrogens with zero attached hydrogens (tertiary/aromatic N) is 1. The van der Waals surface area contributed by atoms with Gasteiger partial charge in [-0.15, -0.1) is 11.3 Å². The molecule has 27 heavy (non-hydrogen) atoms. The Hall–Kier alpha value is -2.07. The zero-order chi connectivity index (χ0) is 18.4. The second-order valence-electron chi connectivity index (χ2n) is 8.05. The first-order chi connectivity index (χ1) is 13.2. The summed E-state index contributed by atoms with van der Waals surface area (Å²) in [6.07, 6.45) is 9.26. The van der Waals surface area contributed by atoms with Crippen LogP contribution in [0.25, 0.3) is 0 Å². The van der Waals surface area contributed by atoms with E-state index in [2.05, 4.69) is 48.7 Å². The number of likely N-dealkylation sites (tertiary alicyclic amines) is 1. The largest absolute Gasteiger partial charge is 0.376 e. The Morgan fingerprint density at radius 1 is 1.15 bits per heavy atom. The van der Waals surface area contributed by atoms with Crippen LogP contribution in [0.2, 0.25) is 0 Å². The first-order valence-electron chi connectivity index (χ1n) is 10.1. The number of benzene rings is 1. The zero-order valence-corrected chi connectivity index (χ0v) is 16.6. The minimum Gasteiger partial charge on any atom is -0.376 e.